The minimum atomic E-state index is -2.71. The highest BCUT2D eigenvalue weighted by molar-refractivity contribution is 6.68. The minimum Gasteiger partial charge on any atom is -0.471 e. The lowest BCUT2D eigenvalue weighted by Crippen LogP contribution is -2.17. The second kappa shape index (κ2) is 6.43. The largest absolute Gasteiger partial charge is 0.471 e. The molecule has 0 aliphatic heterocycles. The van der Waals surface area contributed by atoms with Crippen molar-refractivity contribution >= 4 is 22.5 Å². The van der Waals surface area contributed by atoms with Crippen molar-refractivity contribution in [3.63, 3.8) is 0 Å². The first-order chi connectivity index (χ1) is 8.45. The summed E-state index contributed by atoms with van der Waals surface area (Å²) in [6.45, 7) is -0.920. The number of carbonyl (C=O) groups is 1. The van der Waals surface area contributed by atoms with Gasteiger partial charge in [-0.05, 0) is 17.7 Å². The van der Waals surface area contributed by atoms with Gasteiger partial charge in [0.15, 0.2) is 6.61 Å². The van der Waals surface area contributed by atoms with Gasteiger partial charge in [0.05, 0.1) is 18.9 Å². The van der Waals surface area contributed by atoms with Crippen LogP contribution in [-0.2, 0) is 4.84 Å². The number of pyridine rings is 1. The van der Waals surface area contributed by atoms with Crippen LogP contribution in [0.25, 0.3) is 0 Å². The topological polar surface area (TPSA) is 71.9 Å². The van der Waals surface area contributed by atoms with Gasteiger partial charge in [-0.1, -0.05) is 0 Å². The van der Waals surface area contributed by atoms with Gasteiger partial charge in [0.2, 0.25) is 5.88 Å². The third kappa shape index (κ3) is 3.76. The molecule has 0 unspecified atom stereocenters. The molecule has 0 spiro atoms. The molecule has 1 heterocycles. The normalized spacial score (nSPS) is 10.6. The second-order valence-electron chi connectivity index (χ2n) is 2.98. The molecule has 6 nitrogen and oxygen atoms in total. The number of aromatic nitrogens is 1. The molecule has 0 fully saturated rings. The van der Waals surface area contributed by atoms with Crippen LogP contribution in [0.4, 0.5) is 14.5 Å². The molecule has 0 amide bonds. The highest BCUT2D eigenvalue weighted by Gasteiger charge is 2.17. The zero-order chi connectivity index (χ0) is 13.7. The minimum absolute atomic E-state index is 0.00843. The number of nitrogens with zero attached hydrogens (tertiary/aromatic N) is 2. The molecule has 1 aromatic heterocycles. The smallest absolute Gasteiger partial charge is 0.272 e. The Bertz CT molecular complexity index is 433. The number of alkyl halides is 2. The van der Waals surface area contributed by atoms with E-state index in [1.165, 1.54) is 7.11 Å². The summed E-state index contributed by atoms with van der Waals surface area (Å²) in [7, 11) is 1.17. The van der Waals surface area contributed by atoms with Crippen molar-refractivity contribution in [2.24, 2.45) is 0 Å². The van der Waals surface area contributed by atoms with Gasteiger partial charge in [0, 0.05) is 0 Å². The van der Waals surface area contributed by atoms with E-state index in [-0.39, 0.29) is 17.1 Å². The third-order valence-corrected chi connectivity index (χ3v) is 1.99. The van der Waals surface area contributed by atoms with Gasteiger partial charge in [0.1, 0.15) is 5.69 Å². The van der Waals surface area contributed by atoms with Gasteiger partial charge < -0.3 is 4.74 Å². The van der Waals surface area contributed by atoms with Gasteiger partial charge in [-0.15, -0.1) is 5.23 Å². The lowest BCUT2D eigenvalue weighted by Gasteiger charge is -2.14. The fourth-order valence-corrected chi connectivity index (χ4v) is 1.18. The maximum atomic E-state index is 12.0. The molecular formula is C9H9ClF2N2O4. The summed E-state index contributed by atoms with van der Waals surface area (Å²) in [5.74, 6) is -0.344. The number of hydrogen-bond acceptors (Lipinski definition) is 6. The van der Waals surface area contributed by atoms with Gasteiger partial charge in [-0.25, -0.2) is 13.8 Å². The molecule has 1 rings (SSSR count). The lowest BCUT2D eigenvalue weighted by molar-refractivity contribution is -0.0112. The van der Waals surface area contributed by atoms with E-state index >= 15 is 0 Å². The molecule has 0 aliphatic carbocycles. The average molecular weight is 283 g/mol. The van der Waals surface area contributed by atoms with Crippen LogP contribution in [0.3, 0.4) is 0 Å². The number of anilines is 1. The quantitative estimate of drug-likeness (QED) is 0.634. The van der Waals surface area contributed by atoms with E-state index in [1.54, 1.807) is 0 Å². The highest BCUT2D eigenvalue weighted by atomic mass is 35.5. The molecule has 0 aliphatic rings. The van der Waals surface area contributed by atoms with E-state index < -0.39 is 18.3 Å². The number of carbonyl (C=O) groups excluding carboxylic acids is 1. The molecule has 1 aromatic rings. The van der Waals surface area contributed by atoms with Crippen LogP contribution >= 0.6 is 11.6 Å². The van der Waals surface area contributed by atoms with Crippen LogP contribution < -0.4 is 9.96 Å². The van der Waals surface area contributed by atoms with Crippen LogP contribution in [0.15, 0.2) is 12.3 Å². The monoisotopic (exact) mass is 282 g/mol. The first-order valence-electron chi connectivity index (χ1n) is 4.59. The van der Waals surface area contributed by atoms with Crippen LogP contribution in [-0.4, -0.2) is 35.6 Å². The zero-order valence-electron chi connectivity index (χ0n) is 9.14. The fourth-order valence-electron chi connectivity index (χ4n) is 1.05. The summed E-state index contributed by atoms with van der Waals surface area (Å²) in [5.41, 5.74) is -0.267. The summed E-state index contributed by atoms with van der Waals surface area (Å²) in [6.07, 6.45) is -1.65. The van der Waals surface area contributed by atoms with Crippen LogP contribution in [0, 0.1) is 0 Å². The third-order valence-electron chi connectivity index (χ3n) is 1.79. The summed E-state index contributed by atoms with van der Waals surface area (Å²) in [5, 5.41) is 8.57. The van der Waals surface area contributed by atoms with Crippen molar-refractivity contribution in [3.8, 4) is 5.88 Å². The van der Waals surface area contributed by atoms with E-state index in [0.717, 1.165) is 12.3 Å². The first-order valence-corrected chi connectivity index (χ1v) is 4.97. The van der Waals surface area contributed by atoms with Crippen LogP contribution in [0.2, 0.25) is 0 Å². The number of hydrogen-bond donors (Lipinski definition) is 1. The number of rotatable bonds is 6. The molecule has 0 saturated heterocycles. The van der Waals surface area contributed by atoms with Gasteiger partial charge >= 0.3 is 0 Å². The van der Waals surface area contributed by atoms with Crippen LogP contribution in [0.1, 0.15) is 10.4 Å². The Morgan fingerprint density at radius 1 is 1.67 bits per heavy atom. The maximum Gasteiger partial charge on any atom is 0.272 e. The van der Waals surface area contributed by atoms with Crippen molar-refractivity contribution in [1.82, 2.24) is 4.98 Å². The molecule has 0 aromatic carbocycles. The van der Waals surface area contributed by atoms with Gasteiger partial charge in [-0.2, -0.15) is 0 Å². The predicted octanol–water partition coefficient (Wildman–Crippen LogP) is 1.86. The Hall–Kier alpha value is -1.51. The number of ether oxygens (including phenoxy) is 1. The zero-order valence-corrected chi connectivity index (χ0v) is 9.90. The van der Waals surface area contributed by atoms with Gasteiger partial charge in [-0.3, -0.25) is 14.8 Å². The van der Waals surface area contributed by atoms with Gasteiger partial charge in [0.25, 0.3) is 11.7 Å². The summed E-state index contributed by atoms with van der Waals surface area (Å²) in [4.78, 5) is 19.1. The molecule has 9 heteroatoms. The lowest BCUT2D eigenvalue weighted by atomic mass is 10.2. The van der Waals surface area contributed by atoms with E-state index in [2.05, 4.69) is 14.6 Å². The standard InChI is InChI=1S/C9H9ClF2N2O4/c1-17-14(16)5-2-6(8(10)15)9(13-3-5)18-4-7(11)12/h2-3,7,16H,4H2,1H3. The Morgan fingerprint density at radius 3 is 2.83 bits per heavy atom. The van der Waals surface area contributed by atoms with E-state index in [0.29, 0.717) is 5.23 Å². The molecule has 0 radical (unpaired) electrons. The Kier molecular flexibility index (Phi) is 5.20. The molecule has 0 bridgehead atoms. The van der Waals surface area contributed by atoms with E-state index in [1.807, 2.05) is 0 Å². The van der Waals surface area contributed by atoms with Crippen molar-refractivity contribution in [1.29, 1.82) is 0 Å². The van der Waals surface area contributed by atoms with Crippen LogP contribution in [0.5, 0.6) is 5.88 Å². The van der Waals surface area contributed by atoms with Crippen molar-refractivity contribution in [2.75, 3.05) is 18.9 Å². The molecule has 1 N–H and O–H groups in total. The molecular weight excluding hydrogens is 274 g/mol. The molecule has 100 valence electrons. The molecule has 0 atom stereocenters. The highest BCUT2D eigenvalue weighted by Crippen LogP contribution is 2.23. The Morgan fingerprint density at radius 2 is 2.33 bits per heavy atom. The SMILES string of the molecule is CON(O)c1cnc(OCC(F)F)c(C(=O)Cl)c1. The van der Waals surface area contributed by atoms with E-state index in [9.17, 15) is 18.8 Å². The summed E-state index contributed by atoms with van der Waals surface area (Å²) >= 11 is 5.26. The first kappa shape index (κ1) is 14.6. The fraction of sp³-hybridized carbons (Fsp3) is 0.333. The Labute approximate surface area is 106 Å². The number of halogens is 3. The second-order valence-corrected chi connectivity index (χ2v) is 3.32. The molecule has 0 saturated carbocycles. The van der Waals surface area contributed by atoms with Crippen molar-refractivity contribution in [2.45, 2.75) is 6.43 Å². The predicted molar refractivity (Wildman–Crippen MR) is 57.2 cm³/mol. The van der Waals surface area contributed by atoms with Crippen molar-refractivity contribution in [3.05, 3.63) is 17.8 Å². The summed E-state index contributed by atoms with van der Waals surface area (Å²) < 4.78 is 28.6. The molecule has 18 heavy (non-hydrogen) atoms. The van der Waals surface area contributed by atoms with E-state index in [4.69, 9.17) is 11.6 Å². The van der Waals surface area contributed by atoms with Crippen molar-refractivity contribution < 1.29 is 28.4 Å². The Balaban J connectivity index is 3.01. The maximum absolute atomic E-state index is 12.0. The summed E-state index contributed by atoms with van der Waals surface area (Å²) in [6, 6.07) is 1.09. The average Bonchev–Trinajstić information content (AvgIpc) is 2.34.